The molecule has 1 saturated heterocycles. The zero-order valence-corrected chi connectivity index (χ0v) is 13.8. The Kier molecular flexibility index (Phi) is 4.67. The normalized spacial score (nSPS) is 19.7. The van der Waals surface area contributed by atoms with Gasteiger partial charge in [0.05, 0.1) is 0 Å². The lowest BCUT2D eigenvalue weighted by atomic mass is 9.91. The SMILES string of the molecule is CN(c1cc(CCl)cc(C(C)(C)C)n1)C1CCSC1. The van der Waals surface area contributed by atoms with E-state index >= 15 is 0 Å². The first-order chi connectivity index (χ1) is 8.91. The molecule has 0 spiro atoms. The molecule has 0 N–H and O–H groups in total. The predicted molar refractivity (Wildman–Crippen MR) is 86.6 cm³/mol. The number of aromatic nitrogens is 1. The minimum atomic E-state index is 0.0576. The molecule has 1 aliphatic heterocycles. The van der Waals surface area contributed by atoms with Gasteiger partial charge in [-0.2, -0.15) is 11.8 Å². The summed E-state index contributed by atoms with van der Waals surface area (Å²) in [6, 6.07) is 4.87. The summed E-state index contributed by atoms with van der Waals surface area (Å²) in [7, 11) is 2.16. The molecule has 1 aliphatic rings. The van der Waals surface area contributed by atoms with Crippen molar-refractivity contribution in [3.8, 4) is 0 Å². The molecule has 2 heterocycles. The first-order valence-electron chi connectivity index (χ1n) is 6.80. The monoisotopic (exact) mass is 298 g/mol. The molecule has 1 aromatic heterocycles. The fraction of sp³-hybridized carbons (Fsp3) is 0.667. The zero-order valence-electron chi connectivity index (χ0n) is 12.2. The number of rotatable bonds is 3. The second kappa shape index (κ2) is 5.92. The molecule has 0 aliphatic carbocycles. The molecular weight excluding hydrogens is 276 g/mol. The summed E-state index contributed by atoms with van der Waals surface area (Å²) in [5, 5.41) is 0. The summed E-state index contributed by atoms with van der Waals surface area (Å²) in [5.41, 5.74) is 2.34. The minimum absolute atomic E-state index is 0.0576. The summed E-state index contributed by atoms with van der Waals surface area (Å²) in [5.74, 6) is 4.08. The van der Waals surface area contributed by atoms with Crippen molar-refractivity contribution in [2.45, 2.75) is 44.5 Å². The summed E-state index contributed by atoms with van der Waals surface area (Å²) in [6.07, 6.45) is 1.25. The number of hydrogen-bond donors (Lipinski definition) is 0. The molecule has 1 unspecified atom stereocenters. The van der Waals surface area contributed by atoms with Gasteiger partial charge < -0.3 is 4.90 Å². The lowest BCUT2D eigenvalue weighted by Crippen LogP contribution is -2.32. The Morgan fingerprint density at radius 3 is 2.68 bits per heavy atom. The second-order valence-electron chi connectivity index (χ2n) is 6.23. The minimum Gasteiger partial charge on any atom is -0.356 e. The van der Waals surface area contributed by atoms with Crippen LogP contribution >= 0.6 is 23.4 Å². The number of anilines is 1. The van der Waals surface area contributed by atoms with Crippen LogP contribution in [0.1, 0.15) is 38.4 Å². The van der Waals surface area contributed by atoms with Gasteiger partial charge in [0, 0.05) is 35.8 Å². The summed E-state index contributed by atoms with van der Waals surface area (Å²) < 4.78 is 0. The predicted octanol–water partition coefficient (Wildman–Crippen LogP) is 4.06. The lowest BCUT2D eigenvalue weighted by Gasteiger charge is -2.28. The van der Waals surface area contributed by atoms with Gasteiger partial charge in [0.2, 0.25) is 0 Å². The van der Waals surface area contributed by atoms with E-state index in [0.717, 1.165) is 17.1 Å². The third kappa shape index (κ3) is 3.57. The third-order valence-corrected chi connectivity index (χ3v) is 5.06. The van der Waals surface area contributed by atoms with E-state index in [-0.39, 0.29) is 5.41 Å². The van der Waals surface area contributed by atoms with Gasteiger partial charge >= 0.3 is 0 Å². The Balaban J connectivity index is 2.33. The van der Waals surface area contributed by atoms with Crippen LogP contribution in [0.5, 0.6) is 0 Å². The van der Waals surface area contributed by atoms with E-state index in [9.17, 15) is 0 Å². The number of pyridine rings is 1. The van der Waals surface area contributed by atoms with Crippen molar-refractivity contribution < 1.29 is 0 Å². The van der Waals surface area contributed by atoms with Gasteiger partial charge in [0.1, 0.15) is 5.82 Å². The van der Waals surface area contributed by atoms with Crippen LogP contribution in [0.2, 0.25) is 0 Å². The average Bonchev–Trinajstić information content (AvgIpc) is 2.90. The highest BCUT2D eigenvalue weighted by atomic mass is 35.5. The van der Waals surface area contributed by atoms with Crippen molar-refractivity contribution in [3.63, 3.8) is 0 Å². The maximum atomic E-state index is 6.03. The Labute approximate surface area is 125 Å². The Hall–Kier alpha value is -0.410. The zero-order chi connectivity index (χ0) is 14.0. The van der Waals surface area contributed by atoms with E-state index < -0.39 is 0 Å². The summed E-state index contributed by atoms with van der Waals surface area (Å²) >= 11 is 8.06. The molecule has 0 bridgehead atoms. The number of alkyl halides is 1. The van der Waals surface area contributed by atoms with E-state index in [1.54, 1.807) is 0 Å². The van der Waals surface area contributed by atoms with Gasteiger partial charge in [-0.05, 0) is 29.9 Å². The Morgan fingerprint density at radius 1 is 1.42 bits per heavy atom. The van der Waals surface area contributed by atoms with Crippen molar-refractivity contribution in [1.82, 2.24) is 4.98 Å². The van der Waals surface area contributed by atoms with Crippen LogP contribution in [-0.4, -0.2) is 29.6 Å². The van der Waals surface area contributed by atoms with Crippen molar-refractivity contribution in [2.75, 3.05) is 23.5 Å². The molecule has 2 rings (SSSR count). The average molecular weight is 299 g/mol. The smallest absolute Gasteiger partial charge is 0.129 e. The molecule has 0 aromatic carbocycles. The third-order valence-electron chi connectivity index (χ3n) is 3.61. The van der Waals surface area contributed by atoms with Crippen molar-refractivity contribution in [1.29, 1.82) is 0 Å². The van der Waals surface area contributed by atoms with Crippen molar-refractivity contribution in [2.24, 2.45) is 0 Å². The first-order valence-corrected chi connectivity index (χ1v) is 8.48. The van der Waals surface area contributed by atoms with Gasteiger partial charge in [0.25, 0.3) is 0 Å². The fourth-order valence-electron chi connectivity index (χ4n) is 2.23. The van der Waals surface area contributed by atoms with Crippen LogP contribution in [0.4, 0.5) is 5.82 Å². The molecule has 2 nitrogen and oxygen atoms in total. The molecule has 0 radical (unpaired) electrons. The summed E-state index contributed by atoms with van der Waals surface area (Å²) in [6.45, 7) is 6.59. The first kappa shape index (κ1) is 15.0. The van der Waals surface area contributed by atoms with Gasteiger partial charge in [-0.15, -0.1) is 11.6 Å². The van der Waals surface area contributed by atoms with Gasteiger partial charge in [-0.3, -0.25) is 0 Å². The Bertz CT molecular complexity index is 436. The van der Waals surface area contributed by atoms with Crippen molar-refractivity contribution in [3.05, 3.63) is 23.4 Å². The maximum absolute atomic E-state index is 6.03. The molecule has 4 heteroatoms. The standard InChI is InChI=1S/C15H23ClN2S/c1-15(2,3)13-7-11(9-16)8-14(17-13)18(4)12-5-6-19-10-12/h7-8,12H,5-6,9-10H2,1-4H3. The van der Waals surface area contributed by atoms with Crippen LogP contribution in [0.15, 0.2) is 12.1 Å². The van der Waals surface area contributed by atoms with Crippen LogP contribution in [0.25, 0.3) is 0 Å². The topological polar surface area (TPSA) is 16.1 Å². The summed E-state index contributed by atoms with van der Waals surface area (Å²) in [4.78, 5) is 7.18. The quantitative estimate of drug-likeness (QED) is 0.783. The van der Waals surface area contributed by atoms with E-state index in [1.807, 2.05) is 11.8 Å². The maximum Gasteiger partial charge on any atom is 0.129 e. The molecule has 0 amide bonds. The number of halogens is 1. The largest absolute Gasteiger partial charge is 0.356 e. The van der Waals surface area contributed by atoms with Gasteiger partial charge in [-0.1, -0.05) is 20.8 Å². The highest BCUT2D eigenvalue weighted by molar-refractivity contribution is 7.99. The number of thioether (sulfide) groups is 1. The second-order valence-corrected chi connectivity index (χ2v) is 7.65. The molecule has 1 fully saturated rings. The van der Waals surface area contributed by atoms with E-state index in [0.29, 0.717) is 11.9 Å². The molecule has 1 aromatic rings. The highest BCUT2D eigenvalue weighted by Crippen LogP contribution is 2.29. The van der Waals surface area contributed by atoms with Crippen LogP contribution in [0.3, 0.4) is 0 Å². The number of nitrogens with zero attached hydrogens (tertiary/aromatic N) is 2. The Morgan fingerprint density at radius 2 is 2.16 bits per heavy atom. The molecule has 1 atom stereocenters. The van der Waals surface area contributed by atoms with Crippen LogP contribution < -0.4 is 4.90 Å². The molecule has 0 saturated carbocycles. The van der Waals surface area contributed by atoms with Crippen LogP contribution in [0, 0.1) is 0 Å². The number of hydrogen-bond acceptors (Lipinski definition) is 3. The molecular formula is C15H23ClN2S. The molecule has 19 heavy (non-hydrogen) atoms. The molecule has 106 valence electrons. The van der Waals surface area contributed by atoms with E-state index in [2.05, 4.69) is 44.9 Å². The van der Waals surface area contributed by atoms with Gasteiger partial charge in [-0.25, -0.2) is 4.98 Å². The van der Waals surface area contributed by atoms with Crippen LogP contribution in [-0.2, 0) is 11.3 Å². The lowest BCUT2D eigenvalue weighted by molar-refractivity contribution is 0.565. The van der Waals surface area contributed by atoms with Gasteiger partial charge in [0.15, 0.2) is 0 Å². The fourth-order valence-corrected chi connectivity index (χ4v) is 3.65. The highest BCUT2D eigenvalue weighted by Gasteiger charge is 2.23. The van der Waals surface area contributed by atoms with E-state index in [4.69, 9.17) is 16.6 Å². The van der Waals surface area contributed by atoms with E-state index in [1.165, 1.54) is 17.9 Å². The van der Waals surface area contributed by atoms with Crippen molar-refractivity contribution >= 4 is 29.2 Å².